The molecule has 21 heavy (non-hydrogen) atoms. The Labute approximate surface area is 123 Å². The Morgan fingerprint density at radius 3 is 2.48 bits per heavy atom. The van der Waals surface area contributed by atoms with Crippen LogP contribution in [0.15, 0.2) is 30.3 Å². The summed E-state index contributed by atoms with van der Waals surface area (Å²) < 4.78 is 22.7. The largest absolute Gasteiger partial charge is 0.480 e. The molecule has 0 bridgehead atoms. The van der Waals surface area contributed by atoms with Crippen molar-refractivity contribution in [3.8, 4) is 0 Å². The van der Waals surface area contributed by atoms with Crippen molar-refractivity contribution < 1.29 is 23.1 Å². The van der Waals surface area contributed by atoms with E-state index >= 15 is 0 Å². The van der Waals surface area contributed by atoms with Crippen LogP contribution in [0, 0.1) is 5.92 Å². The van der Waals surface area contributed by atoms with Gasteiger partial charge in [-0.05, 0) is 12.0 Å². The van der Waals surface area contributed by atoms with Gasteiger partial charge in [-0.2, -0.15) is 0 Å². The SMILES string of the molecule is O=C(N[C@@H](Cc1ccccc1)C(=O)O)C1CCS(=O)(=O)C1. The Balaban J connectivity index is 2.00. The second-order valence-corrected chi connectivity index (χ2v) is 7.42. The van der Waals surface area contributed by atoms with Gasteiger partial charge in [0.05, 0.1) is 17.4 Å². The fourth-order valence-corrected chi connectivity index (χ4v) is 4.08. The van der Waals surface area contributed by atoms with Crippen LogP contribution in [0.5, 0.6) is 0 Å². The molecule has 0 radical (unpaired) electrons. The number of sulfone groups is 1. The first-order valence-corrected chi connectivity index (χ1v) is 8.47. The zero-order valence-electron chi connectivity index (χ0n) is 11.4. The van der Waals surface area contributed by atoms with Crippen molar-refractivity contribution in [2.45, 2.75) is 18.9 Å². The quantitative estimate of drug-likeness (QED) is 0.811. The monoisotopic (exact) mass is 311 g/mol. The molecule has 0 saturated carbocycles. The second kappa shape index (κ2) is 6.26. The molecule has 0 aliphatic carbocycles. The van der Waals surface area contributed by atoms with Crippen LogP contribution in [0.4, 0.5) is 0 Å². The second-order valence-electron chi connectivity index (χ2n) is 5.19. The lowest BCUT2D eigenvalue weighted by molar-refractivity contribution is -0.142. The maximum Gasteiger partial charge on any atom is 0.326 e. The Bertz CT molecular complexity index is 626. The lowest BCUT2D eigenvalue weighted by atomic mass is 10.0. The van der Waals surface area contributed by atoms with Crippen LogP contribution in [0.1, 0.15) is 12.0 Å². The summed E-state index contributed by atoms with van der Waals surface area (Å²) in [5.74, 6) is -2.49. The number of hydrogen-bond acceptors (Lipinski definition) is 4. The van der Waals surface area contributed by atoms with Crippen LogP contribution in [-0.4, -0.2) is 42.9 Å². The normalized spacial score (nSPS) is 21.6. The average Bonchev–Trinajstić information content (AvgIpc) is 2.79. The Morgan fingerprint density at radius 2 is 1.95 bits per heavy atom. The minimum absolute atomic E-state index is 0.0124. The molecule has 114 valence electrons. The number of carboxylic acids is 1. The predicted molar refractivity (Wildman–Crippen MR) is 76.5 cm³/mol. The molecular weight excluding hydrogens is 294 g/mol. The summed E-state index contributed by atoms with van der Waals surface area (Å²) in [4.78, 5) is 23.2. The molecule has 0 aromatic heterocycles. The first-order chi connectivity index (χ1) is 9.87. The van der Waals surface area contributed by atoms with Crippen molar-refractivity contribution in [3.63, 3.8) is 0 Å². The Morgan fingerprint density at radius 1 is 1.29 bits per heavy atom. The van der Waals surface area contributed by atoms with Crippen molar-refractivity contribution in [2.75, 3.05) is 11.5 Å². The van der Waals surface area contributed by atoms with Crippen molar-refractivity contribution in [3.05, 3.63) is 35.9 Å². The first kappa shape index (κ1) is 15.5. The van der Waals surface area contributed by atoms with Gasteiger partial charge in [-0.15, -0.1) is 0 Å². The summed E-state index contributed by atoms with van der Waals surface area (Å²) in [7, 11) is -3.16. The number of carboxylic acid groups (broad SMARTS) is 1. The van der Waals surface area contributed by atoms with Gasteiger partial charge in [0, 0.05) is 6.42 Å². The number of aliphatic carboxylic acids is 1. The number of carbonyl (C=O) groups is 2. The van der Waals surface area contributed by atoms with Crippen LogP contribution < -0.4 is 5.32 Å². The highest BCUT2D eigenvalue weighted by atomic mass is 32.2. The molecule has 0 spiro atoms. The third-order valence-corrected chi connectivity index (χ3v) is 5.27. The van der Waals surface area contributed by atoms with Crippen LogP contribution in [0.25, 0.3) is 0 Å². The minimum Gasteiger partial charge on any atom is -0.480 e. The third kappa shape index (κ3) is 4.29. The van der Waals surface area contributed by atoms with E-state index in [1.807, 2.05) is 6.07 Å². The topological polar surface area (TPSA) is 101 Å². The summed E-state index contributed by atoms with van der Waals surface area (Å²) in [5.41, 5.74) is 0.796. The molecule has 1 aliphatic heterocycles. The molecule has 6 nitrogen and oxygen atoms in total. The summed E-state index contributed by atoms with van der Waals surface area (Å²) in [5, 5.41) is 11.6. The van der Waals surface area contributed by atoms with Gasteiger partial charge < -0.3 is 10.4 Å². The van der Waals surface area contributed by atoms with Crippen molar-refractivity contribution in [2.24, 2.45) is 5.92 Å². The summed E-state index contributed by atoms with van der Waals surface area (Å²) in [6.07, 6.45) is 0.424. The van der Waals surface area contributed by atoms with Crippen molar-refractivity contribution >= 4 is 21.7 Å². The fraction of sp³-hybridized carbons (Fsp3) is 0.429. The van der Waals surface area contributed by atoms with Gasteiger partial charge in [-0.1, -0.05) is 30.3 Å². The average molecular weight is 311 g/mol. The Hall–Kier alpha value is -1.89. The maximum atomic E-state index is 12.0. The zero-order chi connectivity index (χ0) is 15.5. The molecule has 1 aromatic carbocycles. The summed E-state index contributed by atoms with van der Waals surface area (Å²) in [6.45, 7) is 0. The molecule has 2 rings (SSSR count). The van der Waals surface area contributed by atoms with E-state index in [0.29, 0.717) is 0 Å². The van der Waals surface area contributed by atoms with Crippen molar-refractivity contribution in [1.29, 1.82) is 0 Å². The highest BCUT2D eigenvalue weighted by Crippen LogP contribution is 2.18. The molecule has 2 atom stereocenters. The number of rotatable bonds is 5. The molecular formula is C14H17NO5S. The number of amides is 1. The third-order valence-electron chi connectivity index (χ3n) is 3.50. The van der Waals surface area contributed by atoms with E-state index in [2.05, 4.69) is 5.32 Å². The highest BCUT2D eigenvalue weighted by molar-refractivity contribution is 7.91. The summed E-state index contributed by atoms with van der Waals surface area (Å²) in [6, 6.07) is 7.91. The molecule has 1 fully saturated rings. The highest BCUT2D eigenvalue weighted by Gasteiger charge is 2.34. The first-order valence-electron chi connectivity index (χ1n) is 6.65. The van der Waals surface area contributed by atoms with E-state index in [4.69, 9.17) is 0 Å². The molecule has 1 aromatic rings. The lowest BCUT2D eigenvalue weighted by Gasteiger charge is -2.17. The van der Waals surface area contributed by atoms with E-state index in [9.17, 15) is 23.1 Å². The lowest BCUT2D eigenvalue weighted by Crippen LogP contribution is -2.45. The molecule has 1 aliphatic rings. The van der Waals surface area contributed by atoms with Gasteiger partial charge in [-0.3, -0.25) is 4.79 Å². The van der Waals surface area contributed by atoms with Gasteiger partial charge in [0.2, 0.25) is 5.91 Å². The van der Waals surface area contributed by atoms with Crippen LogP contribution in [0.3, 0.4) is 0 Å². The van der Waals surface area contributed by atoms with Gasteiger partial charge in [-0.25, -0.2) is 13.2 Å². The number of carbonyl (C=O) groups excluding carboxylic acids is 1. The van der Waals surface area contributed by atoms with E-state index in [0.717, 1.165) is 5.56 Å². The van der Waals surface area contributed by atoms with Crippen LogP contribution in [-0.2, 0) is 25.8 Å². The van der Waals surface area contributed by atoms with Gasteiger partial charge in [0.15, 0.2) is 9.84 Å². The van der Waals surface area contributed by atoms with Gasteiger partial charge in [0.25, 0.3) is 0 Å². The summed E-state index contributed by atoms with van der Waals surface area (Å²) >= 11 is 0. The molecule has 7 heteroatoms. The standard InChI is InChI=1S/C14H17NO5S/c16-13(11-6-7-21(19,20)9-11)15-12(14(17)18)8-10-4-2-1-3-5-10/h1-5,11-12H,6-9H2,(H,15,16)(H,17,18)/t11?,12-/m0/s1. The smallest absolute Gasteiger partial charge is 0.326 e. The molecule has 1 saturated heterocycles. The van der Waals surface area contributed by atoms with Crippen LogP contribution in [0.2, 0.25) is 0 Å². The van der Waals surface area contributed by atoms with E-state index in [1.54, 1.807) is 24.3 Å². The van der Waals surface area contributed by atoms with E-state index in [1.165, 1.54) is 0 Å². The van der Waals surface area contributed by atoms with Crippen molar-refractivity contribution in [1.82, 2.24) is 5.32 Å². The number of nitrogens with one attached hydrogen (secondary N) is 1. The number of benzene rings is 1. The Kier molecular flexibility index (Phi) is 4.62. The van der Waals surface area contributed by atoms with E-state index in [-0.39, 0.29) is 24.3 Å². The molecule has 1 heterocycles. The van der Waals surface area contributed by atoms with Gasteiger partial charge >= 0.3 is 5.97 Å². The van der Waals surface area contributed by atoms with Gasteiger partial charge in [0.1, 0.15) is 6.04 Å². The predicted octanol–water partition coefficient (Wildman–Crippen LogP) is 0.233. The number of hydrogen-bond donors (Lipinski definition) is 2. The van der Waals surface area contributed by atoms with E-state index < -0.39 is 33.7 Å². The van der Waals surface area contributed by atoms with Crippen LogP contribution >= 0.6 is 0 Å². The fourth-order valence-electron chi connectivity index (χ4n) is 2.34. The molecule has 1 unspecified atom stereocenters. The molecule has 1 amide bonds. The molecule has 2 N–H and O–H groups in total. The zero-order valence-corrected chi connectivity index (χ0v) is 12.2. The minimum atomic E-state index is -3.16. The maximum absolute atomic E-state index is 12.0.